The maximum atomic E-state index is 12.0. The molecule has 1 aliphatic heterocycles. The van der Waals surface area contributed by atoms with Gasteiger partial charge in [-0.3, -0.25) is 9.98 Å². The number of allylic oxidation sites excluding steroid dienone is 1. The molecular weight excluding hydrogens is 363 g/mol. The zero-order valence-electron chi connectivity index (χ0n) is 15.8. The molecule has 0 saturated carbocycles. The van der Waals surface area contributed by atoms with Gasteiger partial charge in [-0.2, -0.15) is 0 Å². The van der Waals surface area contributed by atoms with E-state index in [1.54, 1.807) is 0 Å². The minimum Gasteiger partial charge on any atom is -0.453 e. The van der Waals surface area contributed by atoms with Gasteiger partial charge in [0.25, 0.3) is 0 Å². The topological polar surface area (TPSA) is 66.3 Å². The Morgan fingerprint density at radius 3 is 2.12 bits per heavy atom. The van der Waals surface area contributed by atoms with Crippen LogP contribution in [0.4, 0.5) is 4.79 Å². The summed E-state index contributed by atoms with van der Waals surface area (Å²) < 4.78 is 4.92. The van der Waals surface area contributed by atoms with E-state index in [-0.39, 0.29) is 29.4 Å². The van der Waals surface area contributed by atoms with Crippen molar-refractivity contribution in [2.24, 2.45) is 9.98 Å². The van der Waals surface area contributed by atoms with Gasteiger partial charge < -0.3 is 15.0 Å². The Kier molecular flexibility index (Phi) is 12.6. The number of carbonyl (C=O) groups excluding carboxylic acids is 1. The molecule has 1 saturated heterocycles. The van der Waals surface area contributed by atoms with Gasteiger partial charge in [-0.25, -0.2) is 4.79 Å². The minimum atomic E-state index is -0.272. The number of carbonyl (C=O) groups is 1. The van der Waals surface area contributed by atoms with Crippen molar-refractivity contribution in [3.8, 4) is 0 Å². The Labute approximate surface area is 161 Å². The highest BCUT2D eigenvalue weighted by atomic mass is 35.5. The summed E-state index contributed by atoms with van der Waals surface area (Å²) in [6.07, 6.45) is 4.41. The standard InChI is InChI=1S/C15H23Cl2N3O2.C2H7N/c1-5-11-7-10(19-14(17)9-13(16)18-3)8-12(6-2)20(11)15(21)22-4;1-3-2/h9-12H,3,5-8H2,1-2,4H3;3H,1-2H3/b13-9-,19-14?;. The molecule has 25 heavy (non-hydrogen) atoms. The number of aliphatic imine (C=N–C) groups is 2. The molecule has 1 N–H and O–H groups in total. The SMILES string of the molecule is C=N/C(Cl)=C\C(Cl)=NC1CC(CC)N(C(=O)OC)C(CC)C1.CNC. The number of halogens is 2. The lowest BCUT2D eigenvalue weighted by atomic mass is 9.89. The fourth-order valence-corrected chi connectivity index (χ4v) is 3.24. The van der Waals surface area contributed by atoms with Gasteiger partial charge in [0.15, 0.2) is 0 Å². The Morgan fingerprint density at radius 1 is 1.28 bits per heavy atom. The average molecular weight is 393 g/mol. The Balaban J connectivity index is 0.00000178. The smallest absolute Gasteiger partial charge is 0.409 e. The average Bonchev–Trinajstić information content (AvgIpc) is 2.60. The highest BCUT2D eigenvalue weighted by molar-refractivity contribution is 6.69. The van der Waals surface area contributed by atoms with E-state index in [0.29, 0.717) is 5.17 Å². The van der Waals surface area contributed by atoms with Crippen LogP contribution in [0.15, 0.2) is 21.2 Å². The normalized spacial score (nSPS) is 24.3. The zero-order chi connectivity index (χ0) is 19.4. The summed E-state index contributed by atoms with van der Waals surface area (Å²) in [6, 6.07) is 0.247. The second kappa shape index (κ2) is 13.1. The third-order valence-electron chi connectivity index (χ3n) is 3.90. The molecule has 0 aromatic rings. The van der Waals surface area contributed by atoms with Crippen LogP contribution in [-0.4, -0.2) is 62.2 Å². The summed E-state index contributed by atoms with van der Waals surface area (Å²) in [4.78, 5) is 21.9. The molecule has 1 amide bonds. The molecular formula is C17H30Cl2N4O2. The van der Waals surface area contributed by atoms with Gasteiger partial charge in [-0.15, -0.1) is 0 Å². The predicted molar refractivity (Wildman–Crippen MR) is 107 cm³/mol. The maximum absolute atomic E-state index is 12.0. The van der Waals surface area contributed by atoms with Crippen molar-refractivity contribution in [2.45, 2.75) is 57.7 Å². The summed E-state index contributed by atoms with van der Waals surface area (Å²) in [5, 5.41) is 3.26. The molecule has 0 bridgehead atoms. The van der Waals surface area contributed by atoms with Gasteiger partial charge in [0.2, 0.25) is 0 Å². The molecule has 0 aliphatic carbocycles. The Bertz CT molecular complexity index is 469. The van der Waals surface area contributed by atoms with Crippen molar-refractivity contribution < 1.29 is 9.53 Å². The first-order valence-electron chi connectivity index (χ1n) is 8.40. The molecule has 6 nitrogen and oxygen atoms in total. The van der Waals surface area contributed by atoms with Crippen molar-refractivity contribution in [1.29, 1.82) is 0 Å². The van der Waals surface area contributed by atoms with Gasteiger partial charge in [0, 0.05) is 18.2 Å². The van der Waals surface area contributed by atoms with E-state index in [4.69, 9.17) is 27.9 Å². The van der Waals surface area contributed by atoms with E-state index in [1.165, 1.54) is 13.2 Å². The summed E-state index contributed by atoms with van der Waals surface area (Å²) in [5.74, 6) is 0. The lowest BCUT2D eigenvalue weighted by Crippen LogP contribution is -2.52. The van der Waals surface area contributed by atoms with Crippen LogP contribution in [0.2, 0.25) is 0 Å². The number of nitrogens with one attached hydrogen (secondary N) is 1. The van der Waals surface area contributed by atoms with Crippen molar-refractivity contribution in [1.82, 2.24) is 10.2 Å². The molecule has 0 radical (unpaired) electrons. The number of nitrogens with zero attached hydrogens (tertiary/aromatic N) is 3. The van der Waals surface area contributed by atoms with Crippen LogP contribution in [0.1, 0.15) is 39.5 Å². The van der Waals surface area contributed by atoms with E-state index in [2.05, 4.69) is 35.9 Å². The van der Waals surface area contributed by atoms with Crippen LogP contribution < -0.4 is 5.32 Å². The third-order valence-corrected chi connectivity index (χ3v) is 4.33. The molecule has 1 aliphatic rings. The second-order valence-corrected chi connectivity index (χ2v) is 6.48. The van der Waals surface area contributed by atoms with Crippen LogP contribution in [0, 0.1) is 0 Å². The van der Waals surface area contributed by atoms with Gasteiger partial charge in [-0.1, -0.05) is 37.0 Å². The van der Waals surface area contributed by atoms with Crippen molar-refractivity contribution >= 4 is 41.2 Å². The van der Waals surface area contributed by atoms with E-state index in [0.717, 1.165) is 25.7 Å². The highest BCUT2D eigenvalue weighted by Gasteiger charge is 2.37. The highest BCUT2D eigenvalue weighted by Crippen LogP contribution is 2.30. The summed E-state index contributed by atoms with van der Waals surface area (Å²) in [6.45, 7) is 7.44. The van der Waals surface area contributed by atoms with E-state index < -0.39 is 0 Å². The van der Waals surface area contributed by atoms with Gasteiger partial charge in [-0.05, 0) is 46.5 Å². The number of likely N-dealkylation sites (tertiary alicyclic amines) is 1. The van der Waals surface area contributed by atoms with Crippen molar-refractivity contribution in [3.63, 3.8) is 0 Å². The molecule has 8 heteroatoms. The minimum absolute atomic E-state index is 0.0499. The predicted octanol–water partition coefficient (Wildman–Crippen LogP) is 4.03. The molecule has 2 atom stereocenters. The molecule has 1 rings (SSSR count). The molecule has 0 aromatic carbocycles. The molecule has 2 unspecified atom stereocenters. The van der Waals surface area contributed by atoms with E-state index >= 15 is 0 Å². The van der Waals surface area contributed by atoms with Crippen LogP contribution >= 0.6 is 23.2 Å². The summed E-state index contributed by atoms with van der Waals surface area (Å²) in [5.41, 5.74) is 0. The van der Waals surface area contributed by atoms with E-state index in [1.807, 2.05) is 19.0 Å². The van der Waals surface area contributed by atoms with Gasteiger partial charge >= 0.3 is 6.09 Å². The number of hydrogen-bond acceptors (Lipinski definition) is 5. The molecule has 0 spiro atoms. The van der Waals surface area contributed by atoms with Crippen LogP contribution in [0.3, 0.4) is 0 Å². The van der Waals surface area contributed by atoms with Gasteiger partial charge in [0.05, 0.1) is 13.2 Å². The Morgan fingerprint density at radius 2 is 1.76 bits per heavy atom. The Hall–Kier alpha value is -1.11. The first kappa shape index (κ1) is 23.9. The van der Waals surface area contributed by atoms with Crippen LogP contribution in [0.5, 0.6) is 0 Å². The molecule has 144 valence electrons. The summed E-state index contributed by atoms with van der Waals surface area (Å²) >= 11 is 11.9. The number of hydrogen-bond donors (Lipinski definition) is 1. The molecule has 1 fully saturated rings. The third kappa shape index (κ3) is 8.21. The summed E-state index contributed by atoms with van der Waals surface area (Å²) in [7, 11) is 5.16. The largest absolute Gasteiger partial charge is 0.453 e. The van der Waals surface area contributed by atoms with Crippen LogP contribution in [0.25, 0.3) is 0 Å². The number of methoxy groups -OCH3 is 1. The lowest BCUT2D eigenvalue weighted by Gasteiger charge is -2.43. The van der Waals surface area contributed by atoms with E-state index in [9.17, 15) is 4.79 Å². The molecule has 1 heterocycles. The monoisotopic (exact) mass is 392 g/mol. The van der Waals surface area contributed by atoms with Crippen molar-refractivity contribution in [2.75, 3.05) is 21.2 Å². The number of amides is 1. The number of piperidine rings is 1. The first-order chi connectivity index (χ1) is 11.9. The fourth-order valence-electron chi connectivity index (χ4n) is 2.84. The van der Waals surface area contributed by atoms with Crippen molar-refractivity contribution in [3.05, 3.63) is 11.2 Å². The van der Waals surface area contributed by atoms with Gasteiger partial charge in [0.1, 0.15) is 10.3 Å². The van der Waals surface area contributed by atoms with Crippen LogP contribution in [-0.2, 0) is 4.74 Å². The zero-order valence-corrected chi connectivity index (χ0v) is 17.3. The first-order valence-corrected chi connectivity index (χ1v) is 9.15. The quantitative estimate of drug-likeness (QED) is 0.567. The number of rotatable bonds is 5. The lowest BCUT2D eigenvalue weighted by molar-refractivity contribution is 0.0502. The molecule has 0 aromatic heterocycles. The fraction of sp³-hybridized carbons (Fsp3) is 0.706. The number of ether oxygens (including phenoxy) is 1. The maximum Gasteiger partial charge on any atom is 0.409 e. The second-order valence-electron chi connectivity index (χ2n) is 5.70.